The molecule has 0 atom stereocenters. The number of aromatic nitrogens is 1. The van der Waals surface area contributed by atoms with Crippen molar-refractivity contribution in [2.75, 3.05) is 20.1 Å². The number of guanidine groups is 1. The minimum Gasteiger partial charge on any atom is -0.356 e. The number of rotatable bonds is 8. The van der Waals surface area contributed by atoms with Gasteiger partial charge in [0.2, 0.25) is 0 Å². The van der Waals surface area contributed by atoms with Crippen LogP contribution in [0.15, 0.2) is 35.5 Å². The normalized spacial score (nSPS) is 11.5. The molecule has 0 aliphatic heterocycles. The highest BCUT2D eigenvalue weighted by atomic mass is 35.5. The predicted octanol–water partition coefficient (Wildman–Crippen LogP) is 3.70. The van der Waals surface area contributed by atoms with Crippen molar-refractivity contribution in [2.45, 2.75) is 32.6 Å². The zero-order valence-electron chi connectivity index (χ0n) is 14.3. The molecule has 1 aromatic heterocycles. The van der Waals surface area contributed by atoms with Crippen LogP contribution in [-0.2, 0) is 19.3 Å². The third-order valence-corrected chi connectivity index (χ3v) is 5.11. The van der Waals surface area contributed by atoms with Crippen molar-refractivity contribution in [3.63, 3.8) is 0 Å². The smallest absolute Gasteiger partial charge is 0.190 e. The van der Waals surface area contributed by atoms with E-state index in [2.05, 4.69) is 39.7 Å². The maximum Gasteiger partial charge on any atom is 0.190 e. The lowest BCUT2D eigenvalue weighted by Gasteiger charge is -2.11. The SMILES string of the molecule is CCc1cnc(CCNC(=NC)NCCCc2ccc(Cl)cc2)s1. The van der Waals surface area contributed by atoms with Gasteiger partial charge in [0.05, 0.1) is 5.01 Å². The van der Waals surface area contributed by atoms with Crippen molar-refractivity contribution in [2.24, 2.45) is 4.99 Å². The van der Waals surface area contributed by atoms with Crippen molar-refractivity contribution >= 4 is 28.9 Å². The van der Waals surface area contributed by atoms with E-state index in [1.54, 1.807) is 18.4 Å². The highest BCUT2D eigenvalue weighted by Gasteiger charge is 2.02. The molecule has 0 amide bonds. The van der Waals surface area contributed by atoms with Gasteiger partial charge in [-0.15, -0.1) is 11.3 Å². The Morgan fingerprint density at radius 1 is 1.17 bits per heavy atom. The van der Waals surface area contributed by atoms with Crippen molar-refractivity contribution < 1.29 is 0 Å². The van der Waals surface area contributed by atoms with Crippen LogP contribution >= 0.6 is 22.9 Å². The number of hydrogen-bond acceptors (Lipinski definition) is 3. The molecule has 2 aromatic rings. The fourth-order valence-electron chi connectivity index (χ4n) is 2.29. The predicted molar refractivity (Wildman–Crippen MR) is 104 cm³/mol. The summed E-state index contributed by atoms with van der Waals surface area (Å²) >= 11 is 7.69. The van der Waals surface area contributed by atoms with Crippen LogP contribution in [0.5, 0.6) is 0 Å². The molecule has 0 radical (unpaired) electrons. The molecule has 130 valence electrons. The van der Waals surface area contributed by atoms with E-state index in [9.17, 15) is 0 Å². The lowest BCUT2D eigenvalue weighted by atomic mass is 10.1. The Kier molecular flexibility index (Phi) is 8.05. The summed E-state index contributed by atoms with van der Waals surface area (Å²) in [5.74, 6) is 0.846. The van der Waals surface area contributed by atoms with Crippen LogP contribution in [0.3, 0.4) is 0 Å². The van der Waals surface area contributed by atoms with Crippen LogP contribution in [0.2, 0.25) is 5.02 Å². The molecule has 24 heavy (non-hydrogen) atoms. The van der Waals surface area contributed by atoms with Gasteiger partial charge >= 0.3 is 0 Å². The second kappa shape index (κ2) is 10.3. The van der Waals surface area contributed by atoms with E-state index < -0.39 is 0 Å². The first kappa shape index (κ1) is 18.7. The number of benzene rings is 1. The first-order chi connectivity index (χ1) is 11.7. The van der Waals surface area contributed by atoms with Gasteiger partial charge < -0.3 is 10.6 Å². The largest absolute Gasteiger partial charge is 0.356 e. The average molecular weight is 365 g/mol. The van der Waals surface area contributed by atoms with Gasteiger partial charge in [0, 0.05) is 42.7 Å². The molecule has 0 saturated carbocycles. The van der Waals surface area contributed by atoms with Crippen molar-refractivity contribution in [1.82, 2.24) is 15.6 Å². The van der Waals surface area contributed by atoms with E-state index in [0.717, 1.165) is 49.8 Å². The number of halogens is 1. The molecule has 2 rings (SSSR count). The molecule has 4 nitrogen and oxygen atoms in total. The summed E-state index contributed by atoms with van der Waals surface area (Å²) in [6.45, 7) is 3.89. The molecular weight excluding hydrogens is 340 g/mol. The number of thiazole rings is 1. The number of nitrogens with one attached hydrogen (secondary N) is 2. The maximum absolute atomic E-state index is 5.90. The first-order valence-electron chi connectivity index (χ1n) is 8.33. The Morgan fingerprint density at radius 3 is 2.58 bits per heavy atom. The van der Waals surface area contributed by atoms with Crippen molar-refractivity contribution in [1.29, 1.82) is 0 Å². The molecule has 0 aliphatic rings. The second-order valence-corrected chi connectivity index (χ2v) is 7.12. The molecule has 1 aromatic carbocycles. The lowest BCUT2D eigenvalue weighted by Crippen LogP contribution is -2.38. The van der Waals surface area contributed by atoms with E-state index >= 15 is 0 Å². The van der Waals surface area contributed by atoms with Crippen LogP contribution in [0.25, 0.3) is 0 Å². The highest BCUT2D eigenvalue weighted by Crippen LogP contribution is 2.13. The van der Waals surface area contributed by atoms with E-state index in [4.69, 9.17) is 11.6 Å². The average Bonchev–Trinajstić information content (AvgIpc) is 3.06. The minimum atomic E-state index is 0.785. The molecule has 0 fully saturated rings. The van der Waals surface area contributed by atoms with Crippen LogP contribution in [0, 0.1) is 0 Å². The molecule has 1 heterocycles. The number of hydrogen-bond donors (Lipinski definition) is 2. The third-order valence-electron chi connectivity index (χ3n) is 3.65. The summed E-state index contributed by atoms with van der Waals surface area (Å²) in [5.41, 5.74) is 1.31. The summed E-state index contributed by atoms with van der Waals surface area (Å²) < 4.78 is 0. The lowest BCUT2D eigenvalue weighted by molar-refractivity contribution is 0.738. The zero-order valence-corrected chi connectivity index (χ0v) is 15.9. The summed E-state index contributed by atoms with van der Waals surface area (Å²) in [5, 5.41) is 8.65. The number of aryl methyl sites for hydroxylation is 2. The molecule has 2 N–H and O–H groups in total. The van der Waals surface area contributed by atoms with Crippen molar-refractivity contribution in [3.8, 4) is 0 Å². The van der Waals surface area contributed by atoms with Gasteiger partial charge in [0.1, 0.15) is 0 Å². The van der Waals surface area contributed by atoms with Gasteiger partial charge in [-0.05, 0) is 37.0 Å². The molecule has 6 heteroatoms. The second-order valence-electron chi connectivity index (χ2n) is 5.48. The van der Waals surface area contributed by atoms with Gasteiger partial charge in [-0.2, -0.15) is 0 Å². The van der Waals surface area contributed by atoms with Crippen LogP contribution in [-0.4, -0.2) is 31.1 Å². The summed E-state index contributed by atoms with van der Waals surface area (Å²) in [7, 11) is 1.80. The fraction of sp³-hybridized carbons (Fsp3) is 0.444. The van der Waals surface area contributed by atoms with Gasteiger partial charge in [0.15, 0.2) is 5.96 Å². The monoisotopic (exact) mass is 364 g/mol. The fourth-order valence-corrected chi connectivity index (χ4v) is 3.27. The topological polar surface area (TPSA) is 49.3 Å². The van der Waals surface area contributed by atoms with Gasteiger partial charge in [-0.25, -0.2) is 4.98 Å². The van der Waals surface area contributed by atoms with Gasteiger partial charge in [0.25, 0.3) is 0 Å². The minimum absolute atomic E-state index is 0.785. The number of nitrogens with zero attached hydrogens (tertiary/aromatic N) is 2. The van der Waals surface area contributed by atoms with E-state index in [1.807, 2.05) is 18.3 Å². The van der Waals surface area contributed by atoms with E-state index in [0.29, 0.717) is 0 Å². The van der Waals surface area contributed by atoms with E-state index in [-0.39, 0.29) is 0 Å². The Bertz CT molecular complexity index is 637. The van der Waals surface area contributed by atoms with E-state index in [1.165, 1.54) is 15.4 Å². The Hall–Kier alpha value is -1.59. The molecule has 0 bridgehead atoms. The zero-order chi connectivity index (χ0) is 17.2. The van der Waals surface area contributed by atoms with Crippen LogP contribution in [0.4, 0.5) is 0 Å². The van der Waals surface area contributed by atoms with Crippen LogP contribution in [0.1, 0.15) is 28.8 Å². The molecule has 0 saturated heterocycles. The summed E-state index contributed by atoms with van der Waals surface area (Å²) in [6, 6.07) is 8.03. The standard InChI is InChI=1S/C18H25ClN4S/c1-3-16-13-23-17(24-16)10-12-22-18(20-2)21-11-4-5-14-6-8-15(19)9-7-14/h6-9,13H,3-5,10-12H2,1-2H3,(H2,20,21,22). The van der Waals surface area contributed by atoms with Crippen molar-refractivity contribution in [3.05, 3.63) is 50.9 Å². The number of aliphatic imine (C=N–C) groups is 1. The quantitative estimate of drug-likeness (QED) is 0.426. The van der Waals surface area contributed by atoms with Crippen LogP contribution < -0.4 is 10.6 Å². The molecular formula is C18H25ClN4S. The molecule has 0 spiro atoms. The first-order valence-corrected chi connectivity index (χ1v) is 9.53. The maximum atomic E-state index is 5.90. The molecule has 0 aliphatic carbocycles. The summed E-state index contributed by atoms with van der Waals surface area (Å²) in [4.78, 5) is 10.0. The third kappa shape index (κ3) is 6.49. The Balaban J connectivity index is 1.62. The van der Waals surface area contributed by atoms with Gasteiger partial charge in [-0.1, -0.05) is 30.7 Å². The molecule has 0 unspecified atom stereocenters. The Morgan fingerprint density at radius 2 is 1.92 bits per heavy atom. The Labute approximate surface area is 153 Å². The summed E-state index contributed by atoms with van der Waals surface area (Å²) in [6.07, 6.45) is 6.04. The van der Waals surface area contributed by atoms with Gasteiger partial charge in [-0.3, -0.25) is 4.99 Å². The highest BCUT2D eigenvalue weighted by molar-refractivity contribution is 7.11.